The van der Waals surface area contributed by atoms with Crippen molar-refractivity contribution < 1.29 is 27.1 Å². The number of rotatable bonds is 6. The fourth-order valence-corrected chi connectivity index (χ4v) is 3.67. The van der Waals surface area contributed by atoms with Crippen LogP contribution >= 0.6 is 0 Å². The van der Waals surface area contributed by atoms with Crippen LogP contribution in [0.5, 0.6) is 0 Å². The fourth-order valence-electron chi connectivity index (χ4n) is 3.67. The highest BCUT2D eigenvalue weighted by Gasteiger charge is 2.39. The molecular weight excluding hydrogens is 442 g/mol. The third-order valence-corrected chi connectivity index (χ3v) is 5.36. The summed E-state index contributed by atoms with van der Waals surface area (Å²) in [5.41, 5.74) is -0.338. The molecule has 1 aromatic rings. The molecule has 0 radical (unpaired) electrons. The van der Waals surface area contributed by atoms with Gasteiger partial charge in [0.05, 0.1) is 5.69 Å². The Bertz CT molecular complexity index is 1000. The number of carbonyl (C=O) groups is 1. The van der Waals surface area contributed by atoms with Crippen molar-refractivity contribution in [2.45, 2.75) is 38.3 Å². The van der Waals surface area contributed by atoms with Crippen molar-refractivity contribution >= 4 is 23.3 Å². The number of nitrogens with one attached hydrogen (secondary N) is 2. The molecule has 11 heteroatoms. The molecule has 2 atom stereocenters. The zero-order valence-electron chi connectivity index (χ0n) is 18.2. The summed E-state index contributed by atoms with van der Waals surface area (Å²) in [6, 6.07) is 2.37. The second-order valence-corrected chi connectivity index (χ2v) is 7.71. The molecule has 7 nitrogen and oxygen atoms in total. The number of aliphatic imine (C=N–C) groups is 1. The Morgan fingerprint density at radius 2 is 2.12 bits per heavy atom. The minimum atomic E-state index is -3.21. The van der Waals surface area contributed by atoms with Gasteiger partial charge in [0.1, 0.15) is 11.7 Å². The zero-order valence-corrected chi connectivity index (χ0v) is 18.2. The summed E-state index contributed by atoms with van der Waals surface area (Å²) in [5.74, 6) is -3.13. The van der Waals surface area contributed by atoms with E-state index in [0.29, 0.717) is 19.6 Å². The molecule has 2 aliphatic heterocycles. The lowest BCUT2D eigenvalue weighted by atomic mass is 9.97. The molecule has 2 unspecified atom stereocenters. The van der Waals surface area contributed by atoms with E-state index in [1.54, 1.807) is 6.08 Å². The van der Waals surface area contributed by atoms with E-state index in [0.717, 1.165) is 19.2 Å². The average Bonchev–Trinajstić information content (AvgIpc) is 2.77. The molecule has 0 bridgehead atoms. The minimum Gasteiger partial charge on any atom is -0.435 e. The maximum absolute atomic E-state index is 14.4. The van der Waals surface area contributed by atoms with Crippen molar-refractivity contribution in [1.82, 2.24) is 15.6 Å². The molecule has 2 N–H and O–H groups in total. The van der Waals surface area contributed by atoms with E-state index in [1.807, 2.05) is 4.90 Å². The Balaban J connectivity index is 2.19. The number of ether oxygens (including phenoxy) is 1. The largest absolute Gasteiger partial charge is 0.435 e. The van der Waals surface area contributed by atoms with Gasteiger partial charge in [-0.2, -0.15) is 0 Å². The monoisotopic (exact) mass is 467 g/mol. The van der Waals surface area contributed by atoms with E-state index >= 15 is 0 Å². The fraction of sp³-hybridized carbons (Fsp3) is 0.409. The SMILES string of the molecule is C=CN=C1NC(=O)OC(C(F)F)/C1=C(/C)c1cc(C(C)(F)F)cc(N2CCNC(C=C)C2)n1. The van der Waals surface area contributed by atoms with Gasteiger partial charge in [-0.05, 0) is 24.6 Å². The standard InChI is InChI=1S/C22H25F4N5O2/c1-5-14-11-31(8-7-28-14)16-10-13(22(4,25)26)9-15(29-16)12(3)17-18(19(23)24)33-21(32)30-20(17)27-6-2/h5-6,9-10,14,18-19,28H,1-2,7-8,11H2,3-4H3,(H,27,30,32)/b17-12+. The van der Waals surface area contributed by atoms with Gasteiger partial charge >= 0.3 is 6.09 Å². The van der Waals surface area contributed by atoms with Crippen molar-refractivity contribution in [3.05, 3.63) is 54.4 Å². The van der Waals surface area contributed by atoms with Crippen LogP contribution in [-0.4, -0.2) is 55.1 Å². The van der Waals surface area contributed by atoms with Crippen LogP contribution in [0.15, 0.2) is 48.1 Å². The number of amides is 1. The van der Waals surface area contributed by atoms with Crippen LogP contribution in [0.2, 0.25) is 0 Å². The predicted octanol–water partition coefficient (Wildman–Crippen LogP) is 3.85. The number of hydrogen-bond acceptors (Lipinski definition) is 6. The number of hydrogen-bond donors (Lipinski definition) is 2. The number of alkyl carbamates (subject to hydrolysis) is 1. The van der Waals surface area contributed by atoms with Crippen LogP contribution in [0.4, 0.5) is 28.2 Å². The highest BCUT2D eigenvalue weighted by Crippen LogP contribution is 2.34. The second-order valence-electron chi connectivity index (χ2n) is 7.71. The number of cyclic esters (lactones) is 1. The number of halogens is 4. The molecule has 2 aliphatic rings. The first kappa shape index (κ1) is 24.4. The summed E-state index contributed by atoms with van der Waals surface area (Å²) < 4.78 is 61.0. The molecule has 2 fully saturated rings. The first-order valence-electron chi connectivity index (χ1n) is 10.2. The summed E-state index contributed by atoms with van der Waals surface area (Å²) in [4.78, 5) is 21.9. The van der Waals surface area contributed by atoms with E-state index in [1.165, 1.54) is 13.0 Å². The molecule has 33 heavy (non-hydrogen) atoms. The molecule has 3 heterocycles. The summed E-state index contributed by atoms with van der Waals surface area (Å²) in [5, 5.41) is 5.49. The van der Waals surface area contributed by atoms with Crippen LogP contribution in [0.1, 0.15) is 25.1 Å². The first-order chi connectivity index (χ1) is 15.5. The van der Waals surface area contributed by atoms with Gasteiger partial charge in [-0.25, -0.2) is 32.3 Å². The van der Waals surface area contributed by atoms with Crippen molar-refractivity contribution in [3.63, 3.8) is 0 Å². The summed E-state index contributed by atoms with van der Waals surface area (Å²) >= 11 is 0. The van der Waals surface area contributed by atoms with Gasteiger partial charge in [0.2, 0.25) is 0 Å². The average molecular weight is 467 g/mol. The van der Waals surface area contributed by atoms with Crippen molar-refractivity contribution in [2.24, 2.45) is 4.99 Å². The molecule has 0 aromatic carbocycles. The zero-order chi connectivity index (χ0) is 24.3. The number of amidine groups is 1. The topological polar surface area (TPSA) is 78.8 Å². The summed E-state index contributed by atoms with van der Waals surface area (Å²) in [6.45, 7) is 10.9. The van der Waals surface area contributed by atoms with Crippen LogP contribution < -0.4 is 15.5 Å². The maximum Gasteiger partial charge on any atom is 0.413 e. The normalized spacial score (nSPS) is 24.4. The lowest BCUT2D eigenvalue weighted by molar-refractivity contribution is 0.00248. The van der Waals surface area contributed by atoms with Gasteiger partial charge in [-0.1, -0.05) is 12.7 Å². The number of piperazine rings is 1. The summed E-state index contributed by atoms with van der Waals surface area (Å²) in [6.07, 6.45) is -3.34. The van der Waals surface area contributed by atoms with Crippen LogP contribution in [0.25, 0.3) is 5.57 Å². The van der Waals surface area contributed by atoms with Gasteiger partial charge < -0.3 is 15.0 Å². The number of nitrogens with zero attached hydrogens (tertiary/aromatic N) is 3. The van der Waals surface area contributed by atoms with Crippen molar-refractivity contribution in [2.75, 3.05) is 24.5 Å². The van der Waals surface area contributed by atoms with Crippen LogP contribution in [0, 0.1) is 0 Å². The molecule has 0 spiro atoms. The quantitative estimate of drug-likeness (QED) is 0.491. The molecule has 0 aliphatic carbocycles. The Morgan fingerprint density at radius 1 is 1.39 bits per heavy atom. The maximum atomic E-state index is 14.4. The third kappa shape index (κ3) is 5.41. The Kier molecular flexibility index (Phi) is 7.21. The molecule has 3 rings (SSSR count). The third-order valence-electron chi connectivity index (χ3n) is 5.36. The smallest absolute Gasteiger partial charge is 0.413 e. The lowest BCUT2D eigenvalue weighted by Crippen LogP contribution is -2.50. The van der Waals surface area contributed by atoms with Crippen LogP contribution in [0.3, 0.4) is 0 Å². The molecule has 2 saturated heterocycles. The lowest BCUT2D eigenvalue weighted by Gasteiger charge is -2.34. The molecule has 0 saturated carbocycles. The van der Waals surface area contributed by atoms with E-state index in [-0.39, 0.29) is 40.1 Å². The van der Waals surface area contributed by atoms with Crippen molar-refractivity contribution in [1.29, 1.82) is 0 Å². The van der Waals surface area contributed by atoms with E-state index in [4.69, 9.17) is 4.74 Å². The van der Waals surface area contributed by atoms with Gasteiger partial charge in [0.25, 0.3) is 12.3 Å². The molecule has 178 valence electrons. The Labute approximate surface area is 188 Å². The van der Waals surface area contributed by atoms with Gasteiger partial charge in [0.15, 0.2) is 6.10 Å². The van der Waals surface area contributed by atoms with E-state index < -0.39 is 24.5 Å². The van der Waals surface area contributed by atoms with Crippen LogP contribution in [-0.2, 0) is 10.7 Å². The number of alkyl halides is 4. The highest BCUT2D eigenvalue weighted by atomic mass is 19.3. The number of carbonyl (C=O) groups excluding carboxylic acids is 1. The number of aromatic nitrogens is 1. The predicted molar refractivity (Wildman–Crippen MR) is 118 cm³/mol. The Morgan fingerprint density at radius 3 is 2.73 bits per heavy atom. The second kappa shape index (κ2) is 9.74. The number of pyridine rings is 1. The van der Waals surface area contributed by atoms with Gasteiger partial charge in [-0.15, -0.1) is 6.58 Å². The molecular formula is C22H25F4N5O2. The van der Waals surface area contributed by atoms with Gasteiger partial charge in [0, 0.05) is 49.9 Å². The van der Waals surface area contributed by atoms with E-state index in [2.05, 4.69) is 33.8 Å². The molecule has 1 aromatic heterocycles. The number of anilines is 1. The highest BCUT2D eigenvalue weighted by molar-refractivity contribution is 6.13. The first-order valence-corrected chi connectivity index (χ1v) is 10.2. The van der Waals surface area contributed by atoms with Gasteiger partial charge in [-0.3, -0.25) is 5.32 Å². The van der Waals surface area contributed by atoms with Crippen molar-refractivity contribution in [3.8, 4) is 0 Å². The summed E-state index contributed by atoms with van der Waals surface area (Å²) in [7, 11) is 0. The van der Waals surface area contributed by atoms with E-state index in [9.17, 15) is 22.4 Å². The number of allylic oxidation sites excluding steroid dienone is 1. The minimum absolute atomic E-state index is 0.0369. The Hall–Kier alpha value is -3.21. The molecule has 1 amide bonds.